The van der Waals surface area contributed by atoms with Gasteiger partial charge in [-0.05, 0) is 6.92 Å². The van der Waals surface area contributed by atoms with Gasteiger partial charge in [-0.25, -0.2) is 0 Å². The molecular formula is C9H15N3O. The molecular weight excluding hydrogens is 166 g/mol. The normalized spacial score (nSPS) is 23.3. The van der Waals surface area contributed by atoms with E-state index >= 15 is 0 Å². The van der Waals surface area contributed by atoms with Crippen LogP contribution >= 0.6 is 0 Å². The summed E-state index contributed by atoms with van der Waals surface area (Å²) in [7, 11) is 0. The van der Waals surface area contributed by atoms with E-state index in [0.717, 1.165) is 26.3 Å². The first-order chi connectivity index (χ1) is 6.40. The molecule has 2 rings (SSSR count). The topological polar surface area (TPSA) is 39.1 Å². The van der Waals surface area contributed by atoms with Crippen molar-refractivity contribution in [2.24, 2.45) is 0 Å². The van der Waals surface area contributed by atoms with Crippen molar-refractivity contribution in [1.82, 2.24) is 15.1 Å². The molecule has 1 aromatic rings. The van der Waals surface area contributed by atoms with Crippen LogP contribution in [0.3, 0.4) is 0 Å². The van der Waals surface area contributed by atoms with Gasteiger partial charge >= 0.3 is 0 Å². The van der Waals surface area contributed by atoms with E-state index in [0.29, 0.717) is 6.04 Å². The molecule has 0 spiro atoms. The molecule has 1 aliphatic heterocycles. The highest BCUT2D eigenvalue weighted by molar-refractivity contribution is 5.10. The first-order valence-electron chi connectivity index (χ1n) is 4.73. The van der Waals surface area contributed by atoms with Gasteiger partial charge in [-0.2, -0.15) is 5.10 Å². The summed E-state index contributed by atoms with van der Waals surface area (Å²) in [4.78, 5) is 0. The maximum Gasteiger partial charge on any atom is 0.0663 e. The molecule has 0 bridgehead atoms. The summed E-state index contributed by atoms with van der Waals surface area (Å²) in [5.41, 5.74) is 1.22. The number of hydrogen-bond donors (Lipinski definition) is 1. The lowest BCUT2D eigenvalue weighted by Gasteiger charge is -2.22. The highest BCUT2D eigenvalue weighted by Crippen LogP contribution is 2.14. The molecule has 4 nitrogen and oxygen atoms in total. The second-order valence-corrected chi connectivity index (χ2v) is 3.21. The predicted octanol–water partition coefficient (Wildman–Crippen LogP) is 0.564. The highest BCUT2D eigenvalue weighted by Gasteiger charge is 2.16. The standard InChI is InChI=1S/C9H15N3O/c1-2-12-6-8(5-11-12)9-7-13-4-3-10-9/h5-6,9-10H,2-4,7H2,1H3. The summed E-state index contributed by atoms with van der Waals surface area (Å²) in [6, 6.07) is 0.328. The molecule has 1 saturated heterocycles. The lowest BCUT2D eigenvalue weighted by molar-refractivity contribution is 0.0768. The van der Waals surface area contributed by atoms with Crippen LogP contribution in [0.25, 0.3) is 0 Å². The average molecular weight is 181 g/mol. The maximum atomic E-state index is 5.38. The number of morpholine rings is 1. The monoisotopic (exact) mass is 181 g/mol. The van der Waals surface area contributed by atoms with Crippen LogP contribution in [-0.2, 0) is 11.3 Å². The minimum Gasteiger partial charge on any atom is -0.378 e. The number of hydrogen-bond acceptors (Lipinski definition) is 3. The molecule has 0 aliphatic carbocycles. The molecule has 0 aromatic carbocycles. The molecule has 1 atom stereocenters. The fraction of sp³-hybridized carbons (Fsp3) is 0.667. The van der Waals surface area contributed by atoms with Crippen LogP contribution < -0.4 is 5.32 Å². The van der Waals surface area contributed by atoms with Crippen molar-refractivity contribution in [2.75, 3.05) is 19.8 Å². The third-order valence-corrected chi connectivity index (χ3v) is 2.30. The van der Waals surface area contributed by atoms with Crippen molar-refractivity contribution < 1.29 is 4.74 Å². The van der Waals surface area contributed by atoms with E-state index in [1.54, 1.807) is 0 Å². The zero-order valence-electron chi connectivity index (χ0n) is 7.86. The van der Waals surface area contributed by atoms with Gasteiger partial charge in [0.05, 0.1) is 25.5 Å². The van der Waals surface area contributed by atoms with Gasteiger partial charge in [-0.3, -0.25) is 4.68 Å². The largest absolute Gasteiger partial charge is 0.378 e. The zero-order valence-corrected chi connectivity index (χ0v) is 7.86. The van der Waals surface area contributed by atoms with Gasteiger partial charge in [-0.15, -0.1) is 0 Å². The number of aromatic nitrogens is 2. The summed E-state index contributed by atoms with van der Waals surface area (Å²) in [6.07, 6.45) is 3.99. The van der Waals surface area contributed by atoms with Gasteiger partial charge in [0, 0.05) is 24.8 Å². The lowest BCUT2D eigenvalue weighted by Crippen LogP contribution is -2.34. The van der Waals surface area contributed by atoms with E-state index in [2.05, 4.69) is 23.5 Å². The summed E-state index contributed by atoms with van der Waals surface area (Å²) in [6.45, 7) is 5.52. The van der Waals surface area contributed by atoms with Gasteiger partial charge in [0.2, 0.25) is 0 Å². The molecule has 1 aliphatic rings. The first-order valence-corrected chi connectivity index (χ1v) is 4.73. The zero-order chi connectivity index (χ0) is 9.10. The van der Waals surface area contributed by atoms with Gasteiger partial charge in [-0.1, -0.05) is 0 Å². The fourth-order valence-corrected chi connectivity index (χ4v) is 1.51. The SMILES string of the molecule is CCn1cc(C2COCCN2)cn1. The van der Waals surface area contributed by atoms with E-state index in [4.69, 9.17) is 4.74 Å². The Bertz CT molecular complexity index is 266. The van der Waals surface area contributed by atoms with Crippen molar-refractivity contribution in [2.45, 2.75) is 19.5 Å². The molecule has 13 heavy (non-hydrogen) atoms. The lowest BCUT2D eigenvalue weighted by atomic mass is 10.1. The Labute approximate surface area is 77.9 Å². The maximum absolute atomic E-state index is 5.38. The van der Waals surface area contributed by atoms with Crippen molar-refractivity contribution in [3.05, 3.63) is 18.0 Å². The van der Waals surface area contributed by atoms with Gasteiger partial charge in [0.25, 0.3) is 0 Å². The molecule has 2 heterocycles. The van der Waals surface area contributed by atoms with E-state index in [1.165, 1.54) is 5.56 Å². The van der Waals surface area contributed by atoms with Crippen molar-refractivity contribution in [3.63, 3.8) is 0 Å². The Morgan fingerprint density at radius 1 is 1.77 bits per heavy atom. The number of ether oxygens (including phenoxy) is 1. The molecule has 1 fully saturated rings. The molecule has 1 aromatic heterocycles. The number of nitrogens with zero attached hydrogens (tertiary/aromatic N) is 2. The van der Waals surface area contributed by atoms with E-state index in [9.17, 15) is 0 Å². The Hall–Kier alpha value is -0.870. The van der Waals surface area contributed by atoms with Crippen LogP contribution in [0.1, 0.15) is 18.5 Å². The Morgan fingerprint density at radius 2 is 2.69 bits per heavy atom. The van der Waals surface area contributed by atoms with E-state index in [-0.39, 0.29) is 0 Å². The molecule has 72 valence electrons. The molecule has 1 N–H and O–H groups in total. The molecule has 1 unspecified atom stereocenters. The number of nitrogens with one attached hydrogen (secondary N) is 1. The second kappa shape index (κ2) is 3.89. The number of aryl methyl sites for hydroxylation is 1. The average Bonchev–Trinajstić information content (AvgIpc) is 2.67. The Balaban J connectivity index is 2.05. The minimum atomic E-state index is 0.328. The van der Waals surface area contributed by atoms with Gasteiger partial charge in [0.1, 0.15) is 0 Å². The van der Waals surface area contributed by atoms with Crippen LogP contribution in [0, 0.1) is 0 Å². The minimum absolute atomic E-state index is 0.328. The summed E-state index contributed by atoms with van der Waals surface area (Å²) >= 11 is 0. The molecule has 0 saturated carbocycles. The van der Waals surface area contributed by atoms with Crippen LogP contribution in [0.5, 0.6) is 0 Å². The molecule has 4 heteroatoms. The van der Waals surface area contributed by atoms with Crippen LogP contribution in [0.2, 0.25) is 0 Å². The van der Waals surface area contributed by atoms with Crippen LogP contribution in [-0.4, -0.2) is 29.5 Å². The first kappa shape index (κ1) is 8.72. The Morgan fingerprint density at radius 3 is 3.31 bits per heavy atom. The van der Waals surface area contributed by atoms with Gasteiger partial charge < -0.3 is 10.1 Å². The third-order valence-electron chi connectivity index (χ3n) is 2.30. The molecule has 0 amide bonds. The smallest absolute Gasteiger partial charge is 0.0663 e. The van der Waals surface area contributed by atoms with Crippen molar-refractivity contribution in [3.8, 4) is 0 Å². The fourth-order valence-electron chi connectivity index (χ4n) is 1.51. The quantitative estimate of drug-likeness (QED) is 0.724. The predicted molar refractivity (Wildman–Crippen MR) is 49.5 cm³/mol. The van der Waals surface area contributed by atoms with Crippen molar-refractivity contribution in [1.29, 1.82) is 0 Å². The third kappa shape index (κ3) is 1.89. The second-order valence-electron chi connectivity index (χ2n) is 3.21. The Kier molecular flexibility index (Phi) is 2.61. The van der Waals surface area contributed by atoms with E-state index < -0.39 is 0 Å². The van der Waals surface area contributed by atoms with Crippen LogP contribution in [0.15, 0.2) is 12.4 Å². The molecule has 0 radical (unpaired) electrons. The summed E-state index contributed by atoms with van der Waals surface area (Å²) in [5, 5.41) is 7.63. The summed E-state index contributed by atoms with van der Waals surface area (Å²) < 4.78 is 7.32. The highest BCUT2D eigenvalue weighted by atomic mass is 16.5. The summed E-state index contributed by atoms with van der Waals surface area (Å²) in [5.74, 6) is 0. The van der Waals surface area contributed by atoms with Gasteiger partial charge in [0.15, 0.2) is 0 Å². The van der Waals surface area contributed by atoms with E-state index in [1.807, 2.05) is 10.9 Å². The number of rotatable bonds is 2. The van der Waals surface area contributed by atoms with Crippen molar-refractivity contribution >= 4 is 0 Å². The van der Waals surface area contributed by atoms with Crippen LogP contribution in [0.4, 0.5) is 0 Å².